The van der Waals surface area contributed by atoms with Crippen LogP contribution < -0.4 is 14.2 Å². The quantitative estimate of drug-likeness (QED) is 0.0486. The highest BCUT2D eigenvalue weighted by molar-refractivity contribution is 7.86. The monoisotopic (exact) mass is 1200 g/mol. The lowest BCUT2D eigenvalue weighted by atomic mass is 9.80. The van der Waals surface area contributed by atoms with Crippen molar-refractivity contribution in [2.75, 3.05) is 37.1 Å². The second-order valence-corrected chi connectivity index (χ2v) is 25.6. The van der Waals surface area contributed by atoms with Gasteiger partial charge in [-0.3, -0.25) is 19.2 Å². The molecule has 6 fully saturated rings. The number of fused-ring (bicyclic) bond motifs is 3. The summed E-state index contributed by atoms with van der Waals surface area (Å²) < 4.78 is 131. The highest BCUT2D eigenvalue weighted by atomic mass is 32.2. The number of carbonyl (C=O) groups is 7. The maximum absolute atomic E-state index is 12.9. The number of esters is 7. The zero-order valence-corrected chi connectivity index (χ0v) is 47.3. The van der Waals surface area contributed by atoms with Gasteiger partial charge in [-0.05, 0) is 116 Å². The first kappa shape index (κ1) is 64.4. The van der Waals surface area contributed by atoms with Crippen LogP contribution in [-0.4, -0.2) is 147 Å². The molecule has 5 saturated carbocycles. The molecule has 0 N–H and O–H groups in total. The summed E-state index contributed by atoms with van der Waals surface area (Å²) in [4.78, 5) is 86.0. The maximum atomic E-state index is 12.9. The topological polar surface area (TPSA) is 356 Å². The van der Waals surface area contributed by atoms with E-state index >= 15 is 0 Å². The fourth-order valence-corrected chi connectivity index (χ4v) is 12.4. The van der Waals surface area contributed by atoms with Crippen molar-refractivity contribution in [3.05, 3.63) is 88.0 Å². The molecule has 0 amide bonds. The van der Waals surface area contributed by atoms with Gasteiger partial charge in [-0.25, -0.2) is 39.6 Å². The summed E-state index contributed by atoms with van der Waals surface area (Å²) in [6, 6.07) is 12.9. The van der Waals surface area contributed by atoms with Crippen molar-refractivity contribution in [3.63, 3.8) is 0 Å². The molecule has 8 unspecified atom stereocenters. The van der Waals surface area contributed by atoms with Crippen molar-refractivity contribution in [2.24, 2.45) is 47.3 Å². The fraction of sp³-hybridized carbons (Fsp3) is 0.537. The summed E-state index contributed by atoms with van der Waals surface area (Å²) in [6.07, 6.45) is 10.3. The molecule has 6 aliphatic rings. The van der Waals surface area contributed by atoms with E-state index in [1.165, 1.54) is 48.9 Å². The van der Waals surface area contributed by atoms with Crippen LogP contribution in [0.25, 0.3) is 0 Å². The van der Waals surface area contributed by atoms with Gasteiger partial charge in [-0.1, -0.05) is 62.8 Å². The summed E-state index contributed by atoms with van der Waals surface area (Å²) in [5.41, 5.74) is 1.78. The zero-order valence-electron chi connectivity index (χ0n) is 44.9. The van der Waals surface area contributed by atoms with Crippen LogP contribution >= 0.6 is 0 Å². The van der Waals surface area contributed by atoms with Gasteiger partial charge in [0, 0.05) is 5.92 Å². The molecular weight excluding hydrogens is 1150 g/mol. The highest BCUT2D eigenvalue weighted by Crippen LogP contribution is 2.58. The third-order valence-corrected chi connectivity index (χ3v) is 17.6. The number of ether oxygens (including phenoxy) is 7. The van der Waals surface area contributed by atoms with Crippen LogP contribution in [0.4, 0.5) is 0 Å². The number of hydrogen-bond donors (Lipinski definition) is 0. The second kappa shape index (κ2) is 28.2. The Kier molecular flexibility index (Phi) is 21.9. The third-order valence-electron chi connectivity index (χ3n) is 15.6. The van der Waals surface area contributed by atoms with E-state index in [0.29, 0.717) is 34.9 Å². The average molecular weight is 1200 g/mol. The van der Waals surface area contributed by atoms with Crippen molar-refractivity contribution in [1.29, 1.82) is 0 Å². The Morgan fingerprint density at radius 1 is 0.518 bits per heavy atom. The molecule has 6 radical (unpaired) electrons. The molecule has 83 heavy (non-hydrogen) atoms. The van der Waals surface area contributed by atoms with Crippen LogP contribution in [0.2, 0.25) is 0 Å². The van der Waals surface area contributed by atoms with Gasteiger partial charge < -0.3 is 46.8 Å². The molecule has 1 heterocycles. The summed E-state index contributed by atoms with van der Waals surface area (Å²) in [7, 11) is 3.59. The highest BCUT2D eigenvalue weighted by Gasteiger charge is 2.64. The molecule has 29 heteroatoms. The van der Waals surface area contributed by atoms with Crippen molar-refractivity contribution in [2.45, 2.75) is 95.7 Å². The first-order chi connectivity index (χ1) is 39.2. The summed E-state index contributed by atoms with van der Waals surface area (Å²) in [6.45, 7) is -1.67. The van der Waals surface area contributed by atoms with Crippen LogP contribution in [0.3, 0.4) is 0 Å². The van der Waals surface area contributed by atoms with E-state index in [2.05, 4.69) is 0 Å². The Morgan fingerprint density at radius 2 is 0.952 bits per heavy atom. The van der Waals surface area contributed by atoms with Gasteiger partial charge >= 0.3 is 41.8 Å². The average Bonchev–Trinajstić information content (AvgIpc) is 4.08. The van der Waals surface area contributed by atoms with Gasteiger partial charge in [0.2, 0.25) is 0 Å². The van der Waals surface area contributed by atoms with Crippen LogP contribution in [0.1, 0.15) is 118 Å². The first-order valence-corrected chi connectivity index (χ1v) is 31.6. The molecule has 9 rings (SSSR count). The lowest BCUT2D eigenvalue weighted by molar-refractivity contribution is -0.149. The van der Waals surface area contributed by atoms with Gasteiger partial charge in [-0.15, -0.1) is 0 Å². The maximum Gasteiger partial charge on any atom is 0.338 e. The lowest BCUT2D eigenvalue weighted by Gasteiger charge is -2.23. The molecule has 4 bridgehead atoms. The lowest BCUT2D eigenvalue weighted by Crippen LogP contribution is -2.35. The summed E-state index contributed by atoms with van der Waals surface area (Å²) in [5, 5.41) is 0. The summed E-state index contributed by atoms with van der Waals surface area (Å²) in [5.74, 6) is -6.39. The number of carbonyl (C=O) groups excluding carboxylic acids is 7. The second-order valence-electron chi connectivity index (χ2n) is 21.1. The van der Waals surface area contributed by atoms with E-state index in [0.717, 1.165) is 57.8 Å². The molecule has 442 valence electrons. The Labute approximate surface area is 484 Å². The predicted molar refractivity (Wildman–Crippen MR) is 288 cm³/mol. The van der Waals surface area contributed by atoms with Gasteiger partial charge in [-0.2, -0.15) is 0 Å². The van der Waals surface area contributed by atoms with Crippen LogP contribution in [0.15, 0.2) is 54.6 Å². The fourth-order valence-electron chi connectivity index (χ4n) is 11.5. The first-order valence-electron chi connectivity index (χ1n) is 26.9. The molecule has 3 aromatic carbocycles. The van der Waals surface area contributed by atoms with Crippen molar-refractivity contribution >= 4 is 95.7 Å². The predicted octanol–water partition coefficient (Wildman–Crippen LogP) is 3.10. The zero-order chi connectivity index (χ0) is 60.4. The molecule has 23 nitrogen and oxygen atoms in total. The van der Waals surface area contributed by atoms with Crippen LogP contribution in [-0.2, 0) is 87.4 Å². The van der Waals surface area contributed by atoms with Gasteiger partial charge in [0.25, 0.3) is 0 Å². The summed E-state index contributed by atoms with van der Waals surface area (Å²) >= 11 is 0. The molecule has 0 aromatic heterocycles. The Hall–Kier alpha value is -6.13. The molecule has 1 aliphatic heterocycles. The molecule has 5 aliphatic carbocycles. The molecule has 3 aromatic rings. The number of benzene rings is 3. The minimum Gasteiger partial charge on any atom is -0.748 e. The van der Waals surface area contributed by atoms with E-state index in [1.807, 2.05) is 0 Å². The third kappa shape index (κ3) is 17.7. The van der Waals surface area contributed by atoms with E-state index in [1.54, 1.807) is 12.1 Å². The Morgan fingerprint density at radius 3 is 1.35 bits per heavy atom. The smallest absolute Gasteiger partial charge is 0.338 e. The Balaban J connectivity index is 0.000000180. The van der Waals surface area contributed by atoms with Crippen molar-refractivity contribution < 1.29 is 106 Å². The number of rotatable bonds is 21. The SMILES string of the molecule is [B]Cc1ccc(C(=O)OCCS(=O)(=O)[O-])cc1OC(=O)C1C2CC3OC(=O)C1C3C2.[B]Cc1ccc(C(=O)OCCS(=O)(=O)[O-])cc1OC(=O)C1CC2CCC1C2.[B]Cc1ccc(C(=O)OCCS(=O)(=O)[O-])cc1OC(=O)C1CCCCC1. The largest absolute Gasteiger partial charge is 0.748 e. The van der Waals surface area contributed by atoms with Crippen molar-refractivity contribution in [1.82, 2.24) is 0 Å². The molecular formula is C54H58B3O23S3-3. The molecule has 8 atom stereocenters. The normalized spacial score (nSPS) is 23.1. The van der Waals surface area contributed by atoms with Crippen LogP contribution in [0, 0.1) is 47.3 Å². The number of hydrogen-bond acceptors (Lipinski definition) is 23. The van der Waals surface area contributed by atoms with Crippen molar-refractivity contribution in [3.8, 4) is 17.2 Å². The van der Waals surface area contributed by atoms with Gasteiger partial charge in [0.15, 0.2) is 0 Å². The minimum atomic E-state index is -4.51. The van der Waals surface area contributed by atoms with Gasteiger partial charge in [0.05, 0.1) is 112 Å². The standard InChI is InChI=1S/C19H19BO9S.C18H21BO7S.C17H21BO7S/c20-8-10-2-1-9(17(21)27-3-4-30(24,25)26)6-13(10)28-18(22)15-11-5-12-14(7-11)29-19(23)16(12)15;19-10-14-4-3-13(17(20)25-5-6-27(22,23)24)9-16(14)26-18(21)15-8-11-1-2-12(15)7-11;18-11-14-7-6-13(16(19)24-8-9-26(21,22)23)10-15(14)25-17(20)12-4-2-1-3-5-12/h1-2,6,11-12,14-16H,3-5,7-8H2,(H,24,25,26);3-4,9,11-12,15H,1-2,5-8,10H2,(H,22,23,24);6-7,10,12H,1-5,8-9,11H2,(H,21,22,23)/p-3. The van der Waals surface area contributed by atoms with E-state index in [4.69, 9.17) is 56.7 Å². The Bertz CT molecular complexity index is 3270. The molecule has 0 spiro atoms. The van der Waals surface area contributed by atoms with Crippen LogP contribution in [0.5, 0.6) is 17.2 Å². The molecule has 1 saturated heterocycles. The minimum absolute atomic E-state index is 0.00609. The van der Waals surface area contributed by atoms with E-state index in [9.17, 15) is 72.5 Å². The van der Waals surface area contributed by atoms with Gasteiger partial charge in [0.1, 0.15) is 43.2 Å². The van der Waals surface area contributed by atoms with E-state index in [-0.39, 0.29) is 101 Å². The van der Waals surface area contributed by atoms with E-state index < -0.39 is 103 Å².